The van der Waals surface area contributed by atoms with Gasteiger partial charge in [0.05, 0.1) is 5.57 Å². The fourth-order valence-electron chi connectivity index (χ4n) is 1.48. The van der Waals surface area contributed by atoms with Crippen LogP contribution in [0.5, 0.6) is 5.75 Å². The van der Waals surface area contributed by atoms with Crippen molar-refractivity contribution in [1.82, 2.24) is 0 Å². The third-order valence-electron chi connectivity index (χ3n) is 2.12. The first-order valence-electron chi connectivity index (χ1n) is 4.70. The Morgan fingerprint density at radius 2 is 1.94 bits per heavy atom. The lowest BCUT2D eigenvalue weighted by atomic mass is 10.1. The summed E-state index contributed by atoms with van der Waals surface area (Å²) in [6.07, 6.45) is -3.37. The quantitative estimate of drug-likeness (QED) is 0.750. The second kappa shape index (κ2) is 4.12. The fourth-order valence-corrected chi connectivity index (χ4v) is 1.48. The fraction of sp³-hybridized carbons (Fsp3) is 0.182. The predicted molar refractivity (Wildman–Crippen MR) is 52.1 cm³/mol. The largest absolute Gasteiger partial charge is 0.573 e. The zero-order valence-corrected chi connectivity index (χ0v) is 8.45. The van der Waals surface area contributed by atoms with Crippen molar-refractivity contribution in [2.45, 2.75) is 6.36 Å². The van der Waals surface area contributed by atoms with Crippen LogP contribution in [0.15, 0.2) is 30.3 Å². The Hall–Kier alpha value is -1.98. The number of ether oxygens (including phenoxy) is 2. The van der Waals surface area contributed by atoms with Crippen molar-refractivity contribution in [1.29, 1.82) is 0 Å². The lowest BCUT2D eigenvalue weighted by Crippen LogP contribution is -2.18. The van der Waals surface area contributed by atoms with Crippen LogP contribution >= 0.6 is 0 Å². The van der Waals surface area contributed by atoms with E-state index in [0.717, 1.165) is 6.07 Å². The van der Waals surface area contributed by atoms with Gasteiger partial charge in [0.25, 0.3) is 0 Å². The van der Waals surface area contributed by atoms with Crippen LogP contribution in [0.1, 0.15) is 5.56 Å². The average molecular weight is 244 g/mol. The third-order valence-corrected chi connectivity index (χ3v) is 2.12. The summed E-state index contributed by atoms with van der Waals surface area (Å²) in [5, 5.41) is 0. The Morgan fingerprint density at radius 1 is 1.24 bits per heavy atom. The first kappa shape index (κ1) is 11.5. The van der Waals surface area contributed by atoms with Gasteiger partial charge in [0.15, 0.2) is 0 Å². The minimum Gasteiger partial charge on any atom is -0.458 e. The SMILES string of the molecule is O=C1OCC=C1c1ccccc1OC(F)(F)F. The summed E-state index contributed by atoms with van der Waals surface area (Å²) >= 11 is 0. The van der Waals surface area contributed by atoms with Gasteiger partial charge in [0, 0.05) is 5.56 Å². The number of halogens is 3. The molecule has 17 heavy (non-hydrogen) atoms. The molecule has 2 rings (SSSR count). The Morgan fingerprint density at radius 3 is 2.53 bits per heavy atom. The first-order valence-corrected chi connectivity index (χ1v) is 4.70. The molecule has 6 heteroatoms. The Kier molecular flexibility index (Phi) is 2.79. The van der Waals surface area contributed by atoms with E-state index in [4.69, 9.17) is 0 Å². The Bertz CT molecular complexity index is 477. The monoisotopic (exact) mass is 244 g/mol. The van der Waals surface area contributed by atoms with Gasteiger partial charge >= 0.3 is 12.3 Å². The van der Waals surface area contributed by atoms with Crippen molar-refractivity contribution in [3.05, 3.63) is 35.9 Å². The molecule has 0 saturated heterocycles. The molecular formula is C11H7F3O3. The Labute approximate surface area is 94.4 Å². The molecule has 1 aromatic rings. The normalized spacial score (nSPS) is 15.5. The molecule has 0 aromatic heterocycles. The summed E-state index contributed by atoms with van der Waals surface area (Å²) in [4.78, 5) is 11.3. The van der Waals surface area contributed by atoms with E-state index in [1.54, 1.807) is 0 Å². The van der Waals surface area contributed by atoms with Gasteiger partial charge in [-0.05, 0) is 12.1 Å². The van der Waals surface area contributed by atoms with Crippen LogP contribution in [0.25, 0.3) is 5.57 Å². The summed E-state index contributed by atoms with van der Waals surface area (Å²) in [5.74, 6) is -1.06. The highest BCUT2D eigenvalue weighted by atomic mass is 19.4. The molecule has 0 atom stereocenters. The Balaban J connectivity index is 2.37. The molecule has 0 fully saturated rings. The number of cyclic esters (lactones) is 1. The van der Waals surface area contributed by atoms with Gasteiger partial charge < -0.3 is 9.47 Å². The molecule has 90 valence electrons. The zero-order chi connectivity index (χ0) is 12.5. The van der Waals surface area contributed by atoms with Gasteiger partial charge in [0.1, 0.15) is 12.4 Å². The second-order valence-electron chi connectivity index (χ2n) is 3.26. The molecule has 0 radical (unpaired) electrons. The molecule has 1 aliphatic rings. The van der Waals surface area contributed by atoms with Gasteiger partial charge in [-0.3, -0.25) is 0 Å². The van der Waals surface area contributed by atoms with Gasteiger partial charge in [-0.15, -0.1) is 13.2 Å². The topological polar surface area (TPSA) is 35.5 Å². The number of benzene rings is 1. The molecule has 1 aromatic carbocycles. The van der Waals surface area contributed by atoms with E-state index in [9.17, 15) is 18.0 Å². The molecule has 0 amide bonds. The van der Waals surface area contributed by atoms with Crippen LogP contribution in [0.2, 0.25) is 0 Å². The molecule has 0 unspecified atom stereocenters. The van der Waals surface area contributed by atoms with Crippen molar-refractivity contribution in [2.24, 2.45) is 0 Å². The van der Waals surface area contributed by atoms with Crippen molar-refractivity contribution >= 4 is 11.5 Å². The zero-order valence-electron chi connectivity index (χ0n) is 8.45. The molecule has 0 aliphatic carbocycles. The number of rotatable bonds is 2. The molecule has 3 nitrogen and oxygen atoms in total. The number of para-hydroxylation sites is 1. The number of hydrogen-bond donors (Lipinski definition) is 0. The van der Waals surface area contributed by atoms with E-state index in [-0.39, 0.29) is 17.7 Å². The minimum atomic E-state index is -4.79. The maximum absolute atomic E-state index is 12.1. The van der Waals surface area contributed by atoms with Gasteiger partial charge in [-0.1, -0.05) is 18.2 Å². The number of hydrogen-bond acceptors (Lipinski definition) is 3. The van der Waals surface area contributed by atoms with Crippen LogP contribution in [0, 0.1) is 0 Å². The lowest BCUT2D eigenvalue weighted by molar-refractivity contribution is -0.274. The second-order valence-corrected chi connectivity index (χ2v) is 3.26. The third kappa shape index (κ3) is 2.58. The average Bonchev–Trinajstić information content (AvgIpc) is 2.63. The van der Waals surface area contributed by atoms with E-state index in [1.165, 1.54) is 24.3 Å². The molecular weight excluding hydrogens is 237 g/mol. The van der Waals surface area contributed by atoms with Crippen LogP contribution in [0.3, 0.4) is 0 Å². The van der Waals surface area contributed by atoms with Crippen molar-refractivity contribution in [2.75, 3.05) is 6.61 Å². The van der Waals surface area contributed by atoms with Crippen molar-refractivity contribution in [3.8, 4) is 5.75 Å². The molecule has 0 spiro atoms. The molecule has 0 N–H and O–H groups in total. The van der Waals surface area contributed by atoms with E-state index in [1.807, 2.05) is 0 Å². The maximum atomic E-state index is 12.1. The standard InChI is InChI=1S/C11H7F3O3/c12-11(13,14)17-9-4-2-1-3-7(9)8-5-6-16-10(8)15/h1-5H,6H2. The van der Waals surface area contributed by atoms with Crippen LogP contribution in [-0.2, 0) is 9.53 Å². The number of alkyl halides is 3. The van der Waals surface area contributed by atoms with Gasteiger partial charge in [-0.25, -0.2) is 4.79 Å². The predicted octanol–water partition coefficient (Wildman–Crippen LogP) is 2.53. The van der Waals surface area contributed by atoms with Crippen molar-refractivity contribution in [3.63, 3.8) is 0 Å². The molecule has 0 saturated carbocycles. The maximum Gasteiger partial charge on any atom is 0.573 e. The smallest absolute Gasteiger partial charge is 0.458 e. The summed E-state index contributed by atoms with van der Waals surface area (Å²) < 4.78 is 44.9. The van der Waals surface area contributed by atoms with E-state index >= 15 is 0 Å². The van der Waals surface area contributed by atoms with Crippen molar-refractivity contribution < 1.29 is 27.4 Å². The molecule has 1 aliphatic heterocycles. The van der Waals surface area contributed by atoms with E-state index in [0.29, 0.717) is 0 Å². The molecule has 0 bridgehead atoms. The highest BCUT2D eigenvalue weighted by molar-refractivity contribution is 6.18. The summed E-state index contributed by atoms with van der Waals surface area (Å²) in [7, 11) is 0. The number of carbonyl (C=O) groups excluding carboxylic acids is 1. The van der Waals surface area contributed by atoms with Crippen LogP contribution < -0.4 is 4.74 Å². The summed E-state index contributed by atoms with van der Waals surface area (Å²) in [6, 6.07) is 5.44. The first-order chi connectivity index (χ1) is 7.97. The van der Waals surface area contributed by atoms with Gasteiger partial charge in [0.2, 0.25) is 0 Å². The lowest BCUT2D eigenvalue weighted by Gasteiger charge is -2.12. The minimum absolute atomic E-state index is 0.0640. The highest BCUT2D eigenvalue weighted by Crippen LogP contribution is 2.32. The van der Waals surface area contributed by atoms with Crippen LogP contribution in [0.4, 0.5) is 13.2 Å². The van der Waals surface area contributed by atoms with E-state index in [2.05, 4.69) is 9.47 Å². The van der Waals surface area contributed by atoms with E-state index < -0.39 is 18.1 Å². The van der Waals surface area contributed by atoms with Gasteiger partial charge in [-0.2, -0.15) is 0 Å². The summed E-state index contributed by atoms with van der Waals surface area (Å²) in [5.41, 5.74) is 0.164. The highest BCUT2D eigenvalue weighted by Gasteiger charge is 2.33. The molecule has 1 heterocycles. The number of carbonyl (C=O) groups is 1. The number of esters is 1. The summed E-state index contributed by atoms with van der Waals surface area (Å²) in [6.45, 7) is 0.0640. The van der Waals surface area contributed by atoms with Crippen LogP contribution in [-0.4, -0.2) is 18.9 Å².